The number of carboxylic acids is 1. The zero-order valence-electron chi connectivity index (χ0n) is 19.9. The Morgan fingerprint density at radius 3 is 2.67 bits per heavy atom. The van der Waals surface area contributed by atoms with Crippen LogP contribution in [0.4, 0.5) is 4.39 Å². The van der Waals surface area contributed by atoms with Crippen LogP contribution in [0, 0.1) is 5.82 Å². The molecule has 0 amide bonds. The molecule has 3 aromatic carbocycles. The van der Waals surface area contributed by atoms with Crippen LogP contribution in [0.15, 0.2) is 48.5 Å². The van der Waals surface area contributed by atoms with Gasteiger partial charge in [0.2, 0.25) is 0 Å². The molecule has 0 aliphatic heterocycles. The van der Waals surface area contributed by atoms with Crippen molar-refractivity contribution in [2.24, 2.45) is 0 Å². The van der Waals surface area contributed by atoms with Crippen LogP contribution in [0.5, 0.6) is 11.5 Å². The minimum atomic E-state index is -1.14. The second kappa shape index (κ2) is 11.3. The third-order valence-electron chi connectivity index (χ3n) is 6.68. The highest BCUT2D eigenvalue weighted by Crippen LogP contribution is 2.43. The second-order valence-electron chi connectivity index (χ2n) is 8.89. The molecule has 0 bridgehead atoms. The van der Waals surface area contributed by atoms with E-state index in [1.807, 2.05) is 25.1 Å². The number of hydrogen-bond acceptors (Lipinski definition) is 5. The lowest BCUT2D eigenvalue weighted by Crippen LogP contribution is -2.39. The summed E-state index contributed by atoms with van der Waals surface area (Å²) in [6.45, 7) is 1.95. The van der Waals surface area contributed by atoms with Gasteiger partial charge in [-0.1, -0.05) is 41.9 Å². The van der Waals surface area contributed by atoms with E-state index in [0.717, 1.165) is 35.1 Å². The highest BCUT2D eigenvalue weighted by atomic mass is 35.5. The Bertz CT molecular complexity index is 1260. The number of carbonyl (C=O) groups is 1. The van der Waals surface area contributed by atoms with E-state index in [0.29, 0.717) is 34.9 Å². The lowest BCUT2D eigenvalue weighted by molar-refractivity contribution is -0.140. The van der Waals surface area contributed by atoms with Crippen molar-refractivity contribution >= 4 is 17.6 Å². The van der Waals surface area contributed by atoms with Crippen molar-refractivity contribution in [3.8, 4) is 22.6 Å². The number of hydrogen-bond donors (Lipinski definition) is 4. The van der Waals surface area contributed by atoms with Gasteiger partial charge >= 0.3 is 5.97 Å². The summed E-state index contributed by atoms with van der Waals surface area (Å²) in [6.07, 6.45) is 2.34. The fourth-order valence-electron chi connectivity index (χ4n) is 4.88. The first-order valence-electron chi connectivity index (χ1n) is 11.9. The average molecular weight is 514 g/mol. The summed E-state index contributed by atoms with van der Waals surface area (Å²) >= 11 is 6.66. The molecule has 3 aromatic rings. The van der Waals surface area contributed by atoms with E-state index < -0.39 is 24.4 Å². The highest BCUT2D eigenvalue weighted by Gasteiger charge is 2.27. The van der Waals surface area contributed by atoms with Crippen LogP contribution in [0.1, 0.15) is 41.5 Å². The monoisotopic (exact) mass is 513 g/mol. The number of carboxylic acid groups (broad SMARTS) is 1. The number of aromatic hydroxyl groups is 1. The van der Waals surface area contributed by atoms with Gasteiger partial charge in [0.25, 0.3) is 0 Å². The van der Waals surface area contributed by atoms with Crippen LogP contribution >= 0.6 is 11.6 Å². The van der Waals surface area contributed by atoms with Gasteiger partial charge in [0.1, 0.15) is 11.8 Å². The van der Waals surface area contributed by atoms with Gasteiger partial charge in [-0.15, -0.1) is 0 Å². The molecule has 8 heteroatoms. The maximum absolute atomic E-state index is 14.7. The lowest BCUT2D eigenvalue weighted by Gasteiger charge is -2.19. The smallest absolute Gasteiger partial charge is 0.323 e. The standard InChI is InChI=1S/C28H29ClFNO5/c1-2-36-26-13-17(23(29)12-18(26)14-31-24(15-32)28(34)35)11-16-9-10-21-19(16)5-3-6-20(21)22-7-4-8-25(33)27(22)30/h3-8,12-13,16,24,31-33H,2,9-11,14-15H2,1H3,(H,34,35)/t16-,24?/m1/s1. The van der Waals surface area contributed by atoms with E-state index in [1.54, 1.807) is 18.2 Å². The first-order valence-corrected chi connectivity index (χ1v) is 12.3. The molecule has 190 valence electrons. The molecule has 0 saturated heterocycles. The lowest BCUT2D eigenvalue weighted by atomic mass is 9.90. The molecule has 0 spiro atoms. The molecule has 1 aliphatic carbocycles. The fourth-order valence-corrected chi connectivity index (χ4v) is 5.15. The van der Waals surface area contributed by atoms with Gasteiger partial charge in [-0.05, 0) is 72.6 Å². The number of phenols is 1. The first kappa shape index (κ1) is 25.9. The van der Waals surface area contributed by atoms with E-state index in [2.05, 4.69) is 11.4 Å². The summed E-state index contributed by atoms with van der Waals surface area (Å²) in [5, 5.41) is 31.6. The van der Waals surface area contributed by atoms with E-state index >= 15 is 0 Å². The Labute approximate surface area is 214 Å². The van der Waals surface area contributed by atoms with E-state index in [9.17, 15) is 24.5 Å². The quantitative estimate of drug-likeness (QED) is 0.302. The predicted octanol–water partition coefficient (Wildman–Crippen LogP) is 5.06. The Balaban J connectivity index is 1.60. The number of nitrogens with one attached hydrogen (secondary N) is 1. The largest absolute Gasteiger partial charge is 0.505 e. The molecule has 0 radical (unpaired) electrons. The zero-order valence-corrected chi connectivity index (χ0v) is 20.7. The van der Waals surface area contributed by atoms with Gasteiger partial charge < -0.3 is 20.1 Å². The molecule has 0 aromatic heterocycles. The minimum absolute atomic E-state index is 0.179. The molecule has 2 atom stereocenters. The van der Waals surface area contributed by atoms with E-state index in [4.69, 9.17) is 16.3 Å². The summed E-state index contributed by atoms with van der Waals surface area (Å²) in [7, 11) is 0. The van der Waals surface area contributed by atoms with Crippen LogP contribution in [0.25, 0.3) is 11.1 Å². The van der Waals surface area contributed by atoms with Gasteiger partial charge in [-0.25, -0.2) is 4.39 Å². The Kier molecular flexibility index (Phi) is 8.14. The molecular formula is C28H29ClFNO5. The topological polar surface area (TPSA) is 99.0 Å². The SMILES string of the molecule is CCOc1cc(C[C@H]2CCc3c(-c4cccc(O)c4F)cccc32)c(Cl)cc1CNC(CO)C(=O)O. The summed E-state index contributed by atoms with van der Waals surface area (Å²) in [5.74, 6) is -1.32. The van der Waals surface area contributed by atoms with Crippen LogP contribution in [-0.2, 0) is 24.2 Å². The molecule has 0 fully saturated rings. The van der Waals surface area contributed by atoms with Crippen molar-refractivity contribution in [1.29, 1.82) is 0 Å². The molecule has 36 heavy (non-hydrogen) atoms. The number of benzene rings is 3. The number of aliphatic hydroxyl groups is 1. The Morgan fingerprint density at radius 1 is 1.19 bits per heavy atom. The average Bonchev–Trinajstić information content (AvgIpc) is 3.26. The number of ether oxygens (including phenoxy) is 1. The van der Waals surface area contributed by atoms with Gasteiger partial charge in [-0.3, -0.25) is 10.1 Å². The van der Waals surface area contributed by atoms with E-state index in [-0.39, 0.29) is 18.2 Å². The third kappa shape index (κ3) is 5.33. The van der Waals surface area contributed by atoms with Crippen LogP contribution in [-0.4, -0.2) is 40.5 Å². The number of aliphatic hydroxyl groups excluding tert-OH is 1. The van der Waals surface area contributed by atoms with Crippen molar-refractivity contribution in [3.05, 3.63) is 81.6 Å². The molecule has 1 unspecified atom stereocenters. The normalized spacial score (nSPS) is 15.5. The molecule has 4 N–H and O–H groups in total. The summed E-state index contributed by atoms with van der Waals surface area (Å²) in [6, 6.07) is 13.1. The zero-order chi connectivity index (χ0) is 25.8. The summed E-state index contributed by atoms with van der Waals surface area (Å²) in [5.41, 5.74) is 5.03. The van der Waals surface area contributed by atoms with Crippen molar-refractivity contribution in [2.45, 2.75) is 44.7 Å². The molecular weight excluding hydrogens is 485 g/mol. The maximum atomic E-state index is 14.7. The fraction of sp³-hybridized carbons (Fsp3) is 0.321. The maximum Gasteiger partial charge on any atom is 0.323 e. The van der Waals surface area contributed by atoms with Gasteiger partial charge in [0.15, 0.2) is 11.6 Å². The number of rotatable bonds is 10. The minimum Gasteiger partial charge on any atom is -0.505 e. The molecule has 6 nitrogen and oxygen atoms in total. The van der Waals surface area contributed by atoms with Gasteiger partial charge in [0.05, 0.1) is 13.2 Å². The van der Waals surface area contributed by atoms with Crippen LogP contribution in [0.2, 0.25) is 5.02 Å². The molecule has 1 aliphatic rings. The molecule has 0 saturated carbocycles. The number of fused-ring (bicyclic) bond motifs is 1. The van der Waals surface area contributed by atoms with Crippen LogP contribution in [0.3, 0.4) is 0 Å². The highest BCUT2D eigenvalue weighted by molar-refractivity contribution is 6.31. The van der Waals surface area contributed by atoms with Crippen LogP contribution < -0.4 is 10.1 Å². The Morgan fingerprint density at radius 2 is 1.94 bits per heavy atom. The van der Waals surface area contributed by atoms with Crippen molar-refractivity contribution in [3.63, 3.8) is 0 Å². The Hall–Kier alpha value is -3.13. The summed E-state index contributed by atoms with van der Waals surface area (Å²) in [4.78, 5) is 11.2. The number of halogens is 2. The summed E-state index contributed by atoms with van der Waals surface area (Å²) < 4.78 is 20.5. The van der Waals surface area contributed by atoms with Gasteiger partial charge in [-0.2, -0.15) is 0 Å². The number of phenolic OH excluding ortho intramolecular Hbond substituents is 1. The number of aliphatic carboxylic acids is 1. The van der Waals surface area contributed by atoms with E-state index in [1.165, 1.54) is 6.07 Å². The first-order chi connectivity index (χ1) is 17.3. The predicted molar refractivity (Wildman–Crippen MR) is 136 cm³/mol. The van der Waals surface area contributed by atoms with Crippen molar-refractivity contribution in [1.82, 2.24) is 5.32 Å². The van der Waals surface area contributed by atoms with Crippen molar-refractivity contribution < 1.29 is 29.2 Å². The second-order valence-corrected chi connectivity index (χ2v) is 9.30. The van der Waals surface area contributed by atoms with Crippen molar-refractivity contribution in [2.75, 3.05) is 13.2 Å². The molecule has 4 rings (SSSR count). The van der Waals surface area contributed by atoms with Gasteiger partial charge in [0, 0.05) is 22.7 Å². The third-order valence-corrected chi connectivity index (χ3v) is 7.03. The molecule has 0 heterocycles.